The average Bonchev–Trinajstić information content (AvgIpc) is 2.76. The molecule has 0 radical (unpaired) electrons. The van der Waals surface area contributed by atoms with Crippen LogP contribution >= 0.6 is 11.8 Å². The van der Waals surface area contributed by atoms with Gasteiger partial charge >= 0.3 is 0 Å². The van der Waals surface area contributed by atoms with Crippen LogP contribution in [0.1, 0.15) is 50.0 Å². The molecule has 1 aliphatic carbocycles. The van der Waals surface area contributed by atoms with Crippen molar-refractivity contribution < 1.29 is 14.6 Å². The number of ether oxygens (including phenoxy) is 1. The maximum atomic E-state index is 12.2. The lowest BCUT2D eigenvalue weighted by Crippen LogP contribution is -2.58. The Bertz CT molecular complexity index is 593. The lowest BCUT2D eigenvalue weighted by Gasteiger charge is -2.42. The van der Waals surface area contributed by atoms with Gasteiger partial charge in [0, 0.05) is 18.5 Å². The minimum absolute atomic E-state index is 0.00685. The van der Waals surface area contributed by atoms with Gasteiger partial charge in [0.25, 0.3) is 0 Å². The Morgan fingerprint density at radius 3 is 2.64 bits per heavy atom. The second kappa shape index (κ2) is 11.2. The summed E-state index contributed by atoms with van der Waals surface area (Å²) in [6, 6.07) is 11.0. The standard InChI is InChI=1S/C22H34N2O3S/c1-28-16-23-20-8-5-13-24(22(26)14-25)21(20)15-27-19-11-9-18(10-12-19)17-6-3-2-4-7-17/h2-4,6-7,18-21,23,25H,5,8-16H2,1H3/t18-,19+,20-,21-/m0/s1. The number of carbonyl (C=O) groups is 1. The summed E-state index contributed by atoms with van der Waals surface area (Å²) in [4.78, 5) is 14.1. The first-order valence-corrected chi connectivity index (χ1v) is 11.9. The summed E-state index contributed by atoms with van der Waals surface area (Å²) in [5, 5.41) is 12.9. The molecular formula is C22H34N2O3S. The molecule has 1 heterocycles. The second-order valence-corrected chi connectivity index (χ2v) is 8.78. The number of aliphatic hydroxyl groups excluding tert-OH is 1. The van der Waals surface area contributed by atoms with Crippen molar-refractivity contribution in [3.8, 4) is 0 Å². The highest BCUT2D eigenvalue weighted by atomic mass is 32.2. The minimum atomic E-state index is -0.423. The fraction of sp³-hybridized carbons (Fsp3) is 0.682. The number of nitrogens with zero attached hydrogens (tertiary/aromatic N) is 1. The first-order chi connectivity index (χ1) is 13.7. The van der Waals surface area contributed by atoms with Gasteiger partial charge < -0.3 is 20.1 Å². The molecule has 156 valence electrons. The van der Waals surface area contributed by atoms with Gasteiger partial charge in [0.05, 0.1) is 18.8 Å². The summed E-state index contributed by atoms with van der Waals surface area (Å²) in [5.41, 5.74) is 1.44. The van der Waals surface area contributed by atoms with Gasteiger partial charge in [-0.3, -0.25) is 4.79 Å². The summed E-state index contributed by atoms with van der Waals surface area (Å²) >= 11 is 1.75. The molecule has 0 bridgehead atoms. The molecule has 1 amide bonds. The maximum Gasteiger partial charge on any atom is 0.248 e. The van der Waals surface area contributed by atoms with Gasteiger partial charge in [0.15, 0.2) is 0 Å². The van der Waals surface area contributed by atoms with Gasteiger partial charge in [-0.15, -0.1) is 11.8 Å². The van der Waals surface area contributed by atoms with Crippen molar-refractivity contribution in [1.82, 2.24) is 10.2 Å². The summed E-state index contributed by atoms with van der Waals surface area (Å²) in [6.07, 6.45) is 8.82. The van der Waals surface area contributed by atoms with E-state index in [0.717, 1.165) is 44.4 Å². The van der Waals surface area contributed by atoms with E-state index in [1.807, 2.05) is 4.90 Å². The van der Waals surface area contributed by atoms with E-state index in [2.05, 4.69) is 41.9 Å². The fourth-order valence-electron chi connectivity index (χ4n) is 4.61. The van der Waals surface area contributed by atoms with E-state index < -0.39 is 6.61 Å². The highest BCUT2D eigenvalue weighted by molar-refractivity contribution is 7.98. The Kier molecular flexibility index (Phi) is 8.65. The molecule has 1 aromatic carbocycles. The summed E-state index contributed by atoms with van der Waals surface area (Å²) < 4.78 is 6.32. The molecule has 0 spiro atoms. The van der Waals surface area contributed by atoms with Crippen molar-refractivity contribution in [3.63, 3.8) is 0 Å². The second-order valence-electron chi connectivity index (χ2n) is 7.92. The zero-order chi connectivity index (χ0) is 19.8. The van der Waals surface area contributed by atoms with Gasteiger partial charge in [0.1, 0.15) is 6.61 Å². The number of nitrogens with one attached hydrogen (secondary N) is 1. The van der Waals surface area contributed by atoms with Gasteiger partial charge in [-0.1, -0.05) is 30.3 Å². The lowest BCUT2D eigenvalue weighted by molar-refractivity contribution is -0.141. The molecule has 3 rings (SSSR count). The molecule has 28 heavy (non-hydrogen) atoms. The van der Waals surface area contributed by atoms with E-state index in [9.17, 15) is 9.90 Å². The average molecular weight is 407 g/mol. The van der Waals surface area contributed by atoms with Crippen LogP contribution in [0.25, 0.3) is 0 Å². The number of piperidine rings is 1. The van der Waals surface area contributed by atoms with E-state index in [1.54, 1.807) is 11.8 Å². The van der Waals surface area contributed by atoms with Gasteiger partial charge in [-0.05, 0) is 56.3 Å². The van der Waals surface area contributed by atoms with Crippen LogP contribution in [0.15, 0.2) is 30.3 Å². The quantitative estimate of drug-likeness (QED) is 0.650. The van der Waals surface area contributed by atoms with E-state index in [1.165, 1.54) is 5.56 Å². The molecule has 0 aromatic heterocycles. The zero-order valence-electron chi connectivity index (χ0n) is 16.9. The molecule has 1 aromatic rings. The molecular weight excluding hydrogens is 372 g/mol. The number of amides is 1. The summed E-state index contributed by atoms with van der Waals surface area (Å²) in [5.74, 6) is 1.32. The third-order valence-electron chi connectivity index (χ3n) is 6.17. The Labute approximate surface area is 173 Å². The normalized spacial score (nSPS) is 28.3. The van der Waals surface area contributed by atoms with Crippen LogP contribution in [0.4, 0.5) is 0 Å². The van der Waals surface area contributed by atoms with Crippen molar-refractivity contribution in [2.24, 2.45) is 0 Å². The Hall–Kier alpha value is -1.08. The van der Waals surface area contributed by atoms with Crippen LogP contribution in [0.3, 0.4) is 0 Å². The largest absolute Gasteiger partial charge is 0.387 e. The van der Waals surface area contributed by atoms with E-state index in [0.29, 0.717) is 19.1 Å². The Morgan fingerprint density at radius 2 is 1.96 bits per heavy atom. The zero-order valence-corrected chi connectivity index (χ0v) is 17.7. The van der Waals surface area contributed by atoms with Crippen molar-refractivity contribution in [2.75, 3.05) is 31.9 Å². The monoisotopic (exact) mass is 406 g/mol. The fourth-order valence-corrected chi connectivity index (χ4v) is 5.00. The molecule has 1 aliphatic heterocycles. The van der Waals surface area contributed by atoms with Crippen LogP contribution in [0.5, 0.6) is 0 Å². The van der Waals surface area contributed by atoms with Crippen LogP contribution in [0, 0.1) is 0 Å². The highest BCUT2D eigenvalue weighted by Crippen LogP contribution is 2.34. The number of benzene rings is 1. The third-order valence-corrected chi connectivity index (χ3v) is 6.63. The molecule has 5 nitrogen and oxygen atoms in total. The van der Waals surface area contributed by atoms with E-state index in [-0.39, 0.29) is 24.1 Å². The van der Waals surface area contributed by atoms with Gasteiger partial charge in [-0.25, -0.2) is 0 Å². The number of hydrogen-bond donors (Lipinski definition) is 2. The predicted octanol–water partition coefficient (Wildman–Crippen LogP) is 2.99. The summed E-state index contributed by atoms with van der Waals surface area (Å²) in [7, 11) is 0. The summed E-state index contributed by atoms with van der Waals surface area (Å²) in [6.45, 7) is 0.845. The SMILES string of the molecule is CSCN[C@H]1CCCN(C(=O)CO)[C@H]1CO[C@H]1CC[C@@H](c2ccccc2)CC1. The molecule has 1 saturated carbocycles. The first-order valence-electron chi connectivity index (χ1n) is 10.5. The third kappa shape index (κ3) is 5.72. The van der Waals surface area contributed by atoms with Crippen molar-refractivity contribution in [2.45, 2.75) is 62.6 Å². The van der Waals surface area contributed by atoms with E-state index >= 15 is 0 Å². The van der Waals surface area contributed by atoms with Crippen molar-refractivity contribution in [3.05, 3.63) is 35.9 Å². The number of aliphatic hydroxyl groups is 1. The maximum absolute atomic E-state index is 12.2. The molecule has 6 heteroatoms. The number of thioether (sulfide) groups is 1. The number of likely N-dealkylation sites (tertiary alicyclic amines) is 1. The first kappa shape index (κ1) is 21.6. The predicted molar refractivity (Wildman–Crippen MR) is 115 cm³/mol. The van der Waals surface area contributed by atoms with Crippen molar-refractivity contribution in [1.29, 1.82) is 0 Å². The molecule has 0 unspecified atom stereocenters. The number of carbonyl (C=O) groups excluding carboxylic acids is 1. The van der Waals surface area contributed by atoms with Gasteiger partial charge in [-0.2, -0.15) is 0 Å². The highest BCUT2D eigenvalue weighted by Gasteiger charge is 2.35. The van der Waals surface area contributed by atoms with Crippen LogP contribution < -0.4 is 5.32 Å². The smallest absolute Gasteiger partial charge is 0.248 e. The minimum Gasteiger partial charge on any atom is -0.387 e. The molecule has 2 atom stereocenters. The van der Waals surface area contributed by atoms with Crippen molar-refractivity contribution >= 4 is 17.7 Å². The number of rotatable bonds is 8. The lowest BCUT2D eigenvalue weighted by atomic mass is 9.83. The topological polar surface area (TPSA) is 61.8 Å². The van der Waals surface area contributed by atoms with Crippen LogP contribution in [-0.4, -0.2) is 66.0 Å². The molecule has 1 saturated heterocycles. The number of hydrogen-bond acceptors (Lipinski definition) is 5. The molecule has 2 fully saturated rings. The molecule has 2 N–H and O–H groups in total. The van der Waals surface area contributed by atoms with Crippen LogP contribution in [0.2, 0.25) is 0 Å². The Balaban J connectivity index is 1.53. The molecule has 2 aliphatic rings. The van der Waals surface area contributed by atoms with Gasteiger partial charge in [0.2, 0.25) is 5.91 Å². The van der Waals surface area contributed by atoms with E-state index in [4.69, 9.17) is 4.74 Å². The van der Waals surface area contributed by atoms with Crippen LogP contribution in [-0.2, 0) is 9.53 Å². The Morgan fingerprint density at radius 1 is 1.21 bits per heavy atom.